The molecular weight excluding hydrogens is 223 g/mol. The smallest absolute Gasteiger partial charge is 0.272 e. The van der Waals surface area contributed by atoms with E-state index < -0.39 is 10.7 Å². The lowest BCUT2D eigenvalue weighted by molar-refractivity contribution is -0.385. The summed E-state index contributed by atoms with van der Waals surface area (Å²) in [5, 5.41) is 13.5. The van der Waals surface area contributed by atoms with Gasteiger partial charge in [0.2, 0.25) is 0 Å². The van der Waals surface area contributed by atoms with Crippen LogP contribution < -0.4 is 5.32 Å². The number of nitro groups is 1. The molecular formula is C12H15FN2O2. The molecule has 1 aliphatic carbocycles. The highest BCUT2D eigenvalue weighted by atomic mass is 19.1. The number of rotatable bonds is 4. The fourth-order valence-corrected chi connectivity index (χ4v) is 2.03. The Balaban J connectivity index is 2.03. The quantitative estimate of drug-likeness (QED) is 0.646. The number of nitrogens with one attached hydrogen (secondary N) is 1. The average Bonchev–Trinajstić information content (AvgIpc) is 2.24. The van der Waals surface area contributed by atoms with E-state index >= 15 is 0 Å². The predicted octanol–water partition coefficient (Wildman–Crippen LogP) is 3.34. The summed E-state index contributed by atoms with van der Waals surface area (Å²) in [6, 6.07) is 3.69. The van der Waals surface area contributed by atoms with Gasteiger partial charge in [-0.05, 0) is 24.3 Å². The third-order valence-corrected chi connectivity index (χ3v) is 3.43. The Kier molecular flexibility index (Phi) is 3.00. The Hall–Kier alpha value is -1.65. The van der Waals surface area contributed by atoms with Crippen molar-refractivity contribution in [2.75, 3.05) is 11.9 Å². The molecule has 0 spiro atoms. The Morgan fingerprint density at radius 1 is 1.53 bits per heavy atom. The van der Waals surface area contributed by atoms with Crippen LogP contribution in [0.5, 0.6) is 0 Å². The first-order valence-electron chi connectivity index (χ1n) is 5.68. The van der Waals surface area contributed by atoms with Crippen molar-refractivity contribution in [3.63, 3.8) is 0 Å². The van der Waals surface area contributed by atoms with Crippen molar-refractivity contribution >= 4 is 11.4 Å². The number of anilines is 1. The number of nitrogens with zero attached hydrogens (tertiary/aromatic N) is 1. The van der Waals surface area contributed by atoms with Crippen LogP contribution in [0.15, 0.2) is 18.2 Å². The van der Waals surface area contributed by atoms with Crippen LogP contribution >= 0.6 is 0 Å². The van der Waals surface area contributed by atoms with Crippen molar-refractivity contribution < 1.29 is 9.31 Å². The number of hydrogen-bond donors (Lipinski definition) is 1. The molecule has 0 amide bonds. The van der Waals surface area contributed by atoms with Gasteiger partial charge in [0, 0.05) is 12.6 Å². The summed E-state index contributed by atoms with van der Waals surface area (Å²) in [5.74, 6) is -0.567. The van der Waals surface area contributed by atoms with Crippen molar-refractivity contribution in [1.29, 1.82) is 0 Å². The molecule has 0 atom stereocenters. The van der Waals surface area contributed by atoms with E-state index in [1.807, 2.05) is 0 Å². The second-order valence-electron chi connectivity index (χ2n) is 4.94. The van der Waals surface area contributed by atoms with Crippen LogP contribution in [0.2, 0.25) is 0 Å². The number of hydrogen-bond acceptors (Lipinski definition) is 3. The molecule has 0 aromatic heterocycles. The van der Waals surface area contributed by atoms with Gasteiger partial charge >= 0.3 is 0 Å². The highest BCUT2D eigenvalue weighted by Gasteiger charge is 2.31. The minimum atomic E-state index is -0.597. The first-order chi connectivity index (χ1) is 8.00. The molecule has 0 saturated heterocycles. The van der Waals surface area contributed by atoms with Crippen molar-refractivity contribution in [3.8, 4) is 0 Å². The molecule has 5 heteroatoms. The molecule has 1 saturated carbocycles. The molecule has 1 aliphatic rings. The van der Waals surface area contributed by atoms with E-state index in [9.17, 15) is 14.5 Å². The summed E-state index contributed by atoms with van der Waals surface area (Å²) in [5.41, 5.74) is 0.362. The van der Waals surface area contributed by atoms with Gasteiger partial charge in [-0.15, -0.1) is 0 Å². The van der Waals surface area contributed by atoms with Gasteiger partial charge < -0.3 is 5.32 Å². The number of nitro benzene ring substituents is 1. The van der Waals surface area contributed by atoms with E-state index in [0.29, 0.717) is 12.2 Å². The van der Waals surface area contributed by atoms with Gasteiger partial charge in [0.15, 0.2) is 5.82 Å². The van der Waals surface area contributed by atoms with Gasteiger partial charge in [0.05, 0.1) is 16.7 Å². The summed E-state index contributed by atoms with van der Waals surface area (Å²) < 4.78 is 13.5. The van der Waals surface area contributed by atoms with Crippen LogP contribution in [0.25, 0.3) is 0 Å². The molecule has 0 radical (unpaired) electrons. The molecule has 0 aliphatic heterocycles. The Labute approximate surface area is 99.0 Å². The maximum atomic E-state index is 13.5. The normalized spacial score (nSPS) is 17.3. The minimum absolute atomic E-state index is 0.220. The van der Waals surface area contributed by atoms with Gasteiger partial charge in [0.1, 0.15) is 0 Å². The van der Waals surface area contributed by atoms with Crippen LogP contribution in [0.1, 0.15) is 26.2 Å². The zero-order chi connectivity index (χ0) is 12.5. The van der Waals surface area contributed by atoms with Gasteiger partial charge in [0.25, 0.3) is 5.69 Å². The van der Waals surface area contributed by atoms with Crippen molar-refractivity contribution in [3.05, 3.63) is 34.1 Å². The highest BCUT2D eigenvalue weighted by Crippen LogP contribution is 2.40. The first kappa shape index (κ1) is 11.8. The van der Waals surface area contributed by atoms with Crippen LogP contribution in [-0.4, -0.2) is 11.5 Å². The molecule has 17 heavy (non-hydrogen) atoms. The third kappa shape index (κ3) is 2.54. The molecule has 0 unspecified atom stereocenters. The lowest BCUT2D eigenvalue weighted by atomic mass is 9.70. The molecule has 92 valence electrons. The summed E-state index contributed by atoms with van der Waals surface area (Å²) >= 11 is 0. The molecule has 4 nitrogen and oxygen atoms in total. The topological polar surface area (TPSA) is 55.2 Å². The number of non-ortho nitro benzene ring substituents is 1. The lowest BCUT2D eigenvalue weighted by Crippen LogP contribution is -2.33. The maximum absolute atomic E-state index is 13.5. The summed E-state index contributed by atoms with van der Waals surface area (Å²) in [6.45, 7) is 2.87. The van der Waals surface area contributed by atoms with Gasteiger partial charge in [-0.3, -0.25) is 10.1 Å². The van der Waals surface area contributed by atoms with Gasteiger partial charge in [-0.25, -0.2) is 4.39 Å². The van der Waals surface area contributed by atoms with Crippen molar-refractivity contribution in [2.45, 2.75) is 26.2 Å². The molecule has 0 bridgehead atoms. The molecule has 1 aromatic carbocycles. The molecule has 2 rings (SSSR count). The van der Waals surface area contributed by atoms with Crippen molar-refractivity contribution in [2.24, 2.45) is 5.41 Å². The zero-order valence-corrected chi connectivity index (χ0v) is 9.70. The summed E-state index contributed by atoms with van der Waals surface area (Å²) in [4.78, 5) is 9.86. The predicted molar refractivity (Wildman–Crippen MR) is 63.5 cm³/mol. The van der Waals surface area contributed by atoms with E-state index in [1.165, 1.54) is 18.6 Å². The van der Waals surface area contributed by atoms with Crippen LogP contribution in [0.4, 0.5) is 15.8 Å². The molecule has 1 aromatic rings. The Morgan fingerprint density at radius 2 is 2.24 bits per heavy atom. The minimum Gasteiger partial charge on any atom is -0.382 e. The van der Waals surface area contributed by atoms with E-state index in [2.05, 4.69) is 12.2 Å². The lowest BCUT2D eigenvalue weighted by Gasteiger charge is -2.38. The van der Waals surface area contributed by atoms with E-state index in [0.717, 1.165) is 18.9 Å². The second-order valence-corrected chi connectivity index (χ2v) is 4.94. The molecule has 0 heterocycles. The van der Waals surface area contributed by atoms with Crippen molar-refractivity contribution in [1.82, 2.24) is 0 Å². The summed E-state index contributed by atoms with van der Waals surface area (Å²) in [7, 11) is 0. The first-order valence-corrected chi connectivity index (χ1v) is 5.68. The van der Waals surface area contributed by atoms with E-state index in [1.54, 1.807) is 0 Å². The standard InChI is InChI=1S/C12H15FN2O2/c1-12(5-2-6-12)8-14-11-4-3-9(15(16)17)7-10(11)13/h3-4,7,14H,2,5-6,8H2,1H3. The molecule has 1 fully saturated rings. The zero-order valence-electron chi connectivity index (χ0n) is 9.70. The fraction of sp³-hybridized carbons (Fsp3) is 0.500. The highest BCUT2D eigenvalue weighted by molar-refractivity contribution is 5.50. The fourth-order valence-electron chi connectivity index (χ4n) is 2.03. The number of benzene rings is 1. The van der Waals surface area contributed by atoms with E-state index in [-0.39, 0.29) is 11.1 Å². The average molecular weight is 238 g/mol. The van der Waals surface area contributed by atoms with Crippen LogP contribution in [0, 0.1) is 21.3 Å². The monoisotopic (exact) mass is 238 g/mol. The van der Waals surface area contributed by atoms with Crippen LogP contribution in [0.3, 0.4) is 0 Å². The number of halogens is 1. The van der Waals surface area contributed by atoms with Gasteiger partial charge in [-0.2, -0.15) is 0 Å². The van der Waals surface area contributed by atoms with E-state index in [4.69, 9.17) is 0 Å². The van der Waals surface area contributed by atoms with Crippen LogP contribution in [-0.2, 0) is 0 Å². The van der Waals surface area contributed by atoms with Gasteiger partial charge in [-0.1, -0.05) is 13.3 Å². The SMILES string of the molecule is CC1(CNc2ccc([N+](=O)[O-])cc2F)CCC1. The maximum Gasteiger partial charge on any atom is 0.272 e. The Morgan fingerprint density at radius 3 is 2.71 bits per heavy atom. The third-order valence-electron chi connectivity index (χ3n) is 3.43. The largest absolute Gasteiger partial charge is 0.382 e. The molecule has 1 N–H and O–H groups in total. The second kappa shape index (κ2) is 4.31. The summed E-state index contributed by atoms with van der Waals surface area (Å²) in [6.07, 6.45) is 3.52. The Bertz CT molecular complexity index is 444.